The van der Waals surface area contributed by atoms with Gasteiger partial charge in [-0.1, -0.05) is 13.3 Å². The van der Waals surface area contributed by atoms with E-state index in [1.165, 1.54) is 0 Å². The van der Waals surface area contributed by atoms with Crippen molar-refractivity contribution in [1.29, 1.82) is 0 Å². The van der Waals surface area contributed by atoms with Gasteiger partial charge in [0.15, 0.2) is 0 Å². The fourth-order valence-electron chi connectivity index (χ4n) is 2.85. The van der Waals surface area contributed by atoms with E-state index in [0.29, 0.717) is 38.3 Å². The largest absolute Gasteiger partial charge is 0.481 e. The van der Waals surface area contributed by atoms with Crippen molar-refractivity contribution in [2.45, 2.75) is 46.0 Å². The molecule has 0 aliphatic heterocycles. The monoisotopic (exact) mass is 299 g/mol. The second-order valence-corrected chi connectivity index (χ2v) is 5.50. The zero-order valence-electron chi connectivity index (χ0n) is 12.8. The molecule has 1 aliphatic rings. The molecule has 0 saturated heterocycles. The maximum absolute atomic E-state index is 12.1. The third-order valence-electron chi connectivity index (χ3n) is 4.05. The molecule has 21 heavy (non-hydrogen) atoms. The summed E-state index contributed by atoms with van der Waals surface area (Å²) in [7, 11) is 0. The molecule has 1 rings (SSSR count). The highest BCUT2D eigenvalue weighted by Gasteiger charge is 2.41. The Morgan fingerprint density at radius 2 is 1.86 bits per heavy atom. The molecule has 0 radical (unpaired) electrons. The van der Waals surface area contributed by atoms with Gasteiger partial charge >= 0.3 is 11.9 Å². The van der Waals surface area contributed by atoms with Crippen molar-refractivity contribution < 1.29 is 24.2 Å². The molecule has 1 aliphatic carbocycles. The normalized spacial score (nSPS) is 24.6. The summed E-state index contributed by atoms with van der Waals surface area (Å²) in [6, 6.07) is 0. The molecule has 2 N–H and O–H groups in total. The molecular weight excluding hydrogens is 274 g/mol. The summed E-state index contributed by atoms with van der Waals surface area (Å²) >= 11 is 0. The second-order valence-electron chi connectivity index (χ2n) is 5.50. The van der Waals surface area contributed by atoms with Crippen LogP contribution >= 0.6 is 0 Å². The first-order valence-electron chi connectivity index (χ1n) is 7.65. The van der Waals surface area contributed by atoms with Gasteiger partial charge in [0.2, 0.25) is 5.91 Å². The van der Waals surface area contributed by atoms with Crippen molar-refractivity contribution in [3.05, 3.63) is 0 Å². The van der Waals surface area contributed by atoms with Crippen LogP contribution in [0.5, 0.6) is 0 Å². The second kappa shape index (κ2) is 8.64. The van der Waals surface area contributed by atoms with E-state index in [2.05, 4.69) is 5.32 Å². The highest BCUT2D eigenvalue weighted by molar-refractivity contribution is 5.85. The Labute approximate surface area is 125 Å². The minimum Gasteiger partial charge on any atom is -0.481 e. The minimum absolute atomic E-state index is 0.206. The van der Waals surface area contributed by atoms with E-state index in [0.717, 1.165) is 6.42 Å². The fourth-order valence-corrected chi connectivity index (χ4v) is 2.85. The summed E-state index contributed by atoms with van der Waals surface area (Å²) in [5.74, 6) is -2.10. The number of aliphatic carboxylic acids is 1. The van der Waals surface area contributed by atoms with Gasteiger partial charge in [-0.05, 0) is 32.1 Å². The number of hydrogen-bond donors (Lipinski definition) is 2. The Hall–Kier alpha value is -1.59. The average molecular weight is 299 g/mol. The van der Waals surface area contributed by atoms with E-state index < -0.39 is 17.8 Å². The summed E-state index contributed by atoms with van der Waals surface area (Å²) in [6.45, 7) is 4.49. The third kappa shape index (κ3) is 5.36. The zero-order valence-corrected chi connectivity index (χ0v) is 12.8. The minimum atomic E-state index is -0.891. The molecule has 0 aromatic carbocycles. The Morgan fingerprint density at radius 1 is 1.19 bits per heavy atom. The standard InChI is InChI=1S/C15H25NO5/c1-3-10-8-11(12(9-10)15(19)20)14(18)16-7-5-6-13(17)21-4-2/h10-12H,3-9H2,1-2H3,(H,16,18)(H,19,20)/t10?,11-,12+/m0/s1. The highest BCUT2D eigenvalue weighted by Crippen LogP contribution is 2.38. The van der Waals surface area contributed by atoms with Crippen LogP contribution in [-0.2, 0) is 19.1 Å². The first-order valence-corrected chi connectivity index (χ1v) is 7.65. The molecule has 0 aromatic rings. The van der Waals surface area contributed by atoms with E-state index in [9.17, 15) is 19.5 Å². The smallest absolute Gasteiger partial charge is 0.307 e. The first-order chi connectivity index (χ1) is 9.99. The van der Waals surface area contributed by atoms with Crippen molar-refractivity contribution in [2.24, 2.45) is 17.8 Å². The van der Waals surface area contributed by atoms with E-state index in [4.69, 9.17) is 4.74 Å². The molecule has 0 bridgehead atoms. The molecule has 120 valence electrons. The predicted octanol–water partition coefficient (Wildman–Crippen LogP) is 1.58. The van der Waals surface area contributed by atoms with Crippen molar-refractivity contribution in [2.75, 3.05) is 13.2 Å². The number of amides is 1. The molecule has 6 heteroatoms. The van der Waals surface area contributed by atoms with Crippen LogP contribution in [0.1, 0.15) is 46.0 Å². The number of carboxylic acid groups (broad SMARTS) is 1. The van der Waals surface area contributed by atoms with Gasteiger partial charge in [-0.2, -0.15) is 0 Å². The average Bonchev–Trinajstić information content (AvgIpc) is 2.88. The van der Waals surface area contributed by atoms with Crippen LogP contribution in [-0.4, -0.2) is 36.1 Å². The number of ether oxygens (including phenoxy) is 1. The van der Waals surface area contributed by atoms with Crippen molar-refractivity contribution in [3.63, 3.8) is 0 Å². The van der Waals surface area contributed by atoms with Crippen LogP contribution in [0.4, 0.5) is 0 Å². The van der Waals surface area contributed by atoms with Gasteiger partial charge in [0.05, 0.1) is 18.4 Å². The zero-order chi connectivity index (χ0) is 15.8. The maximum atomic E-state index is 12.1. The highest BCUT2D eigenvalue weighted by atomic mass is 16.5. The van der Waals surface area contributed by atoms with Gasteiger partial charge in [0, 0.05) is 13.0 Å². The quantitative estimate of drug-likeness (QED) is 0.524. The Bertz CT molecular complexity index is 382. The Kier molecular flexibility index (Phi) is 7.19. The number of carbonyl (C=O) groups is 3. The number of carbonyl (C=O) groups excluding carboxylic acids is 2. The van der Waals surface area contributed by atoms with E-state index in [1.54, 1.807) is 6.92 Å². The lowest BCUT2D eigenvalue weighted by molar-refractivity contribution is -0.146. The SMILES string of the molecule is CCOC(=O)CCCNC(=O)[C@H]1CC(CC)C[C@H]1C(=O)O. The lowest BCUT2D eigenvalue weighted by Gasteiger charge is -2.15. The number of esters is 1. The van der Waals surface area contributed by atoms with Crippen molar-refractivity contribution in [3.8, 4) is 0 Å². The summed E-state index contributed by atoms with van der Waals surface area (Å²) in [5, 5.41) is 11.9. The van der Waals surface area contributed by atoms with Gasteiger partial charge in [-0.15, -0.1) is 0 Å². The van der Waals surface area contributed by atoms with Gasteiger partial charge in [-0.3, -0.25) is 14.4 Å². The van der Waals surface area contributed by atoms with E-state index in [1.807, 2.05) is 6.92 Å². The molecule has 1 unspecified atom stereocenters. The number of carboxylic acids is 1. The van der Waals surface area contributed by atoms with Crippen LogP contribution in [0.3, 0.4) is 0 Å². The molecule has 1 amide bonds. The number of hydrogen-bond acceptors (Lipinski definition) is 4. The fraction of sp³-hybridized carbons (Fsp3) is 0.800. The van der Waals surface area contributed by atoms with E-state index >= 15 is 0 Å². The molecule has 0 aromatic heterocycles. The van der Waals surface area contributed by atoms with E-state index in [-0.39, 0.29) is 18.3 Å². The topological polar surface area (TPSA) is 92.7 Å². The lowest BCUT2D eigenvalue weighted by atomic mass is 9.95. The lowest BCUT2D eigenvalue weighted by Crippen LogP contribution is -2.35. The first kappa shape index (κ1) is 17.5. The van der Waals surface area contributed by atoms with Gasteiger partial charge in [0.1, 0.15) is 0 Å². The summed E-state index contributed by atoms with van der Waals surface area (Å²) in [6.07, 6.45) is 2.88. The van der Waals surface area contributed by atoms with Crippen LogP contribution in [0.15, 0.2) is 0 Å². The van der Waals surface area contributed by atoms with Crippen LogP contribution in [0.2, 0.25) is 0 Å². The molecule has 6 nitrogen and oxygen atoms in total. The van der Waals surface area contributed by atoms with Crippen LogP contribution in [0, 0.1) is 17.8 Å². The third-order valence-corrected chi connectivity index (χ3v) is 4.05. The molecule has 3 atom stereocenters. The Balaban J connectivity index is 2.36. The van der Waals surface area contributed by atoms with Gasteiger partial charge in [-0.25, -0.2) is 0 Å². The molecular formula is C15H25NO5. The van der Waals surface area contributed by atoms with Gasteiger partial charge < -0.3 is 15.2 Å². The number of nitrogens with one attached hydrogen (secondary N) is 1. The maximum Gasteiger partial charge on any atom is 0.307 e. The molecule has 0 heterocycles. The van der Waals surface area contributed by atoms with Gasteiger partial charge in [0.25, 0.3) is 0 Å². The Morgan fingerprint density at radius 3 is 2.43 bits per heavy atom. The number of rotatable bonds is 8. The molecule has 1 fully saturated rings. The summed E-state index contributed by atoms with van der Waals surface area (Å²) < 4.78 is 4.80. The van der Waals surface area contributed by atoms with Crippen LogP contribution < -0.4 is 5.32 Å². The molecule has 1 saturated carbocycles. The van der Waals surface area contributed by atoms with Crippen molar-refractivity contribution in [1.82, 2.24) is 5.32 Å². The summed E-state index contributed by atoms with van der Waals surface area (Å²) in [4.78, 5) is 34.5. The predicted molar refractivity (Wildman–Crippen MR) is 76.5 cm³/mol. The van der Waals surface area contributed by atoms with Crippen LogP contribution in [0.25, 0.3) is 0 Å². The molecule has 0 spiro atoms. The summed E-state index contributed by atoms with van der Waals surface area (Å²) in [5.41, 5.74) is 0. The van der Waals surface area contributed by atoms with Crippen molar-refractivity contribution >= 4 is 17.8 Å².